The van der Waals surface area contributed by atoms with E-state index < -0.39 is 114 Å². The zero-order chi connectivity index (χ0) is 63.9. The van der Waals surface area contributed by atoms with Gasteiger partial charge in [-0.05, 0) is 92.8 Å². The standard InChI is InChI=1S/C62H76F8N10O9/c1-59(2,61(65,66)67)48(21-54(83)86-5)56(84)75-78(29-47-49(63)18-38(19-50(47)64)37-11-16-53(71-22-37)76-25-41-12-13-42(26-76)79(41)45-31-88-32-45)30-52(82)39(20-51(81)55(74-58(85)87-6)60(3,4)62(68,69)70)17-35-7-9-36(10-8-35)40-23-72-57(73-24-40)77-27-43-14-15-44(28-77)80(43)46-33-89-34-46/h7-11,16,18-19,22-24,39,41-46,48,52,55,82H,12-15,17,20-21,25-34H2,1-6H3,(H,74,85)(H,75,84)/t39-,41?,42?,43?,44?,48-,52+,55-/m1/s1. The molecule has 6 fully saturated rings. The molecule has 0 radical (unpaired) electrons. The third-order valence-corrected chi connectivity index (χ3v) is 19.2. The van der Waals surface area contributed by atoms with Gasteiger partial charge in [0, 0.05) is 105 Å². The summed E-state index contributed by atoms with van der Waals surface area (Å²) in [7, 11) is 1.78. The minimum Gasteiger partial charge on any atom is -0.469 e. The van der Waals surface area contributed by atoms with Crippen LogP contribution in [0.1, 0.15) is 77.3 Å². The van der Waals surface area contributed by atoms with E-state index in [-0.39, 0.29) is 12.0 Å². The predicted molar refractivity (Wildman–Crippen MR) is 308 cm³/mol. The summed E-state index contributed by atoms with van der Waals surface area (Å²) in [5.41, 5.74) is -2.29. The number of esters is 1. The maximum Gasteiger partial charge on any atom is 0.407 e. The fraction of sp³-hybridized carbons (Fsp3) is 0.597. The molecule has 6 aliphatic rings. The van der Waals surface area contributed by atoms with Gasteiger partial charge < -0.3 is 39.2 Å². The summed E-state index contributed by atoms with van der Waals surface area (Å²) < 4.78 is 142. The van der Waals surface area contributed by atoms with E-state index in [0.29, 0.717) is 116 Å². The number of halogens is 8. The second-order valence-corrected chi connectivity index (χ2v) is 25.5. The molecule has 8 heterocycles. The number of anilines is 2. The Hall–Kier alpha value is -6.65. The van der Waals surface area contributed by atoms with Crippen LogP contribution in [-0.2, 0) is 46.3 Å². The van der Waals surface area contributed by atoms with Crippen molar-refractivity contribution in [2.75, 3.05) is 83.2 Å². The Morgan fingerprint density at radius 1 is 0.663 bits per heavy atom. The molecule has 4 aromatic rings. The molecule has 0 aliphatic carbocycles. The van der Waals surface area contributed by atoms with Crippen molar-refractivity contribution in [2.45, 2.75) is 140 Å². The molecule has 27 heteroatoms. The van der Waals surface area contributed by atoms with Crippen LogP contribution >= 0.6 is 0 Å². The number of ether oxygens (including phenoxy) is 4. The minimum absolute atomic E-state index is 0.0560. The number of hydrogen-bond acceptors (Lipinski definition) is 17. The lowest BCUT2D eigenvalue weighted by Gasteiger charge is -2.48. The van der Waals surface area contributed by atoms with Crippen LogP contribution in [0.2, 0.25) is 0 Å². The zero-order valence-electron chi connectivity index (χ0n) is 50.5. The number of aliphatic hydroxyl groups excluding tert-OH is 1. The lowest BCUT2D eigenvalue weighted by molar-refractivity contribution is -0.231. The van der Waals surface area contributed by atoms with Crippen molar-refractivity contribution < 1.29 is 78.4 Å². The van der Waals surface area contributed by atoms with E-state index in [1.165, 1.54) is 6.20 Å². The van der Waals surface area contributed by atoms with E-state index in [1.807, 2.05) is 5.32 Å². The van der Waals surface area contributed by atoms with E-state index >= 15 is 8.78 Å². The van der Waals surface area contributed by atoms with Crippen LogP contribution in [0, 0.1) is 34.3 Å². The summed E-state index contributed by atoms with van der Waals surface area (Å²) >= 11 is 0. The predicted octanol–water partition coefficient (Wildman–Crippen LogP) is 7.68. The third kappa shape index (κ3) is 14.0. The maximum atomic E-state index is 16.7. The first-order chi connectivity index (χ1) is 42.1. The summed E-state index contributed by atoms with van der Waals surface area (Å²) in [6.07, 6.45) is -6.84. The van der Waals surface area contributed by atoms with Crippen LogP contribution in [0.3, 0.4) is 0 Å². The average molecular weight is 1260 g/mol. The number of alkyl halides is 6. The van der Waals surface area contributed by atoms with Gasteiger partial charge in [-0.25, -0.2) is 33.5 Å². The number of piperazine rings is 2. The van der Waals surface area contributed by atoms with E-state index in [4.69, 9.17) is 19.4 Å². The number of alkyl carbamates (subject to hydrolysis) is 1. The number of pyridine rings is 1. The topological polar surface area (TPSA) is 204 Å². The molecule has 6 saturated heterocycles. The highest BCUT2D eigenvalue weighted by atomic mass is 19.4. The number of benzene rings is 2. The van der Waals surface area contributed by atoms with Gasteiger partial charge in [-0.2, -0.15) is 26.3 Å². The van der Waals surface area contributed by atoms with Crippen molar-refractivity contribution in [3.05, 3.63) is 89.9 Å². The van der Waals surface area contributed by atoms with Gasteiger partial charge in [-0.15, -0.1) is 0 Å². The molecule has 2 amide bonds. The number of fused-ring (bicyclic) bond motifs is 4. The molecule has 89 heavy (non-hydrogen) atoms. The van der Waals surface area contributed by atoms with Gasteiger partial charge in [0.1, 0.15) is 23.5 Å². The van der Waals surface area contributed by atoms with E-state index in [2.05, 4.69) is 39.5 Å². The van der Waals surface area contributed by atoms with Gasteiger partial charge >= 0.3 is 24.4 Å². The smallest absolute Gasteiger partial charge is 0.407 e. The summed E-state index contributed by atoms with van der Waals surface area (Å²) in [6.45, 7) is 6.68. The Bertz CT molecular complexity index is 3120. The number of rotatable bonds is 23. The second-order valence-electron chi connectivity index (χ2n) is 25.5. The summed E-state index contributed by atoms with van der Waals surface area (Å²) in [4.78, 5) is 77.5. The highest BCUT2D eigenvalue weighted by Crippen LogP contribution is 2.46. The number of carbonyl (C=O) groups excluding carboxylic acids is 4. The van der Waals surface area contributed by atoms with Crippen LogP contribution in [-0.4, -0.2) is 193 Å². The SMILES string of the molecule is COC(=O)C[C@H](C(=O)NN(Cc1c(F)cc(-c2ccc(N3CC4CCC(C3)N4C3COC3)nc2)cc1F)C[C@H](O)[C@@H](CC(=O)[C@@H](NC(=O)OC)C(C)(C)C(F)(F)F)Cc1ccc(-c2cnc(N3CC4CCC(C3)N4C3COC3)nc2)cc1)C(C)(C)C(F)(F)F. The quantitative estimate of drug-likeness (QED) is 0.0370. The first-order valence-electron chi connectivity index (χ1n) is 30.0. The van der Waals surface area contributed by atoms with Crippen LogP contribution in [0.5, 0.6) is 0 Å². The molecule has 4 bridgehead atoms. The van der Waals surface area contributed by atoms with Gasteiger partial charge in [0.25, 0.3) is 0 Å². The van der Waals surface area contributed by atoms with Crippen molar-refractivity contribution >= 4 is 35.5 Å². The molecular formula is C62H76F8N10O9. The second kappa shape index (κ2) is 26.3. The Kier molecular flexibility index (Phi) is 19.3. The monoisotopic (exact) mass is 1260 g/mol. The maximum absolute atomic E-state index is 16.7. The van der Waals surface area contributed by atoms with Crippen molar-refractivity contribution in [3.63, 3.8) is 0 Å². The lowest BCUT2D eigenvalue weighted by atomic mass is 9.75. The Balaban J connectivity index is 0.924. The molecule has 8 atom stereocenters. The van der Waals surface area contributed by atoms with Crippen LogP contribution in [0.25, 0.3) is 22.3 Å². The number of amides is 2. The van der Waals surface area contributed by atoms with Gasteiger partial charge in [0.2, 0.25) is 11.9 Å². The molecule has 10 rings (SSSR count). The number of hydrazine groups is 1. The fourth-order valence-electron chi connectivity index (χ4n) is 13.4. The van der Waals surface area contributed by atoms with Crippen molar-refractivity contribution in [2.24, 2.45) is 22.7 Å². The molecule has 2 aromatic carbocycles. The molecule has 3 N–H and O–H groups in total. The molecule has 19 nitrogen and oxygen atoms in total. The van der Waals surface area contributed by atoms with Crippen LogP contribution in [0.4, 0.5) is 51.7 Å². The third-order valence-electron chi connectivity index (χ3n) is 19.2. The number of carbonyl (C=O) groups is 4. The van der Waals surface area contributed by atoms with Crippen LogP contribution < -0.4 is 20.5 Å². The highest BCUT2D eigenvalue weighted by molar-refractivity contribution is 5.88. The number of nitrogens with zero attached hydrogens (tertiary/aromatic N) is 8. The Labute approximate surface area is 510 Å². The highest BCUT2D eigenvalue weighted by Gasteiger charge is 2.57. The van der Waals surface area contributed by atoms with Crippen molar-refractivity contribution in [1.29, 1.82) is 0 Å². The van der Waals surface area contributed by atoms with Gasteiger partial charge in [-0.1, -0.05) is 38.1 Å². The molecule has 0 spiro atoms. The largest absolute Gasteiger partial charge is 0.469 e. The molecule has 6 aliphatic heterocycles. The molecule has 0 saturated carbocycles. The first-order valence-corrected chi connectivity index (χ1v) is 30.0. The van der Waals surface area contributed by atoms with E-state index in [0.717, 1.165) is 91.4 Å². The number of ketones is 1. The normalized spacial score (nSPS) is 22.5. The average Bonchev–Trinajstić information content (AvgIpc) is 2.05. The number of aromatic nitrogens is 3. The van der Waals surface area contributed by atoms with Gasteiger partial charge in [0.05, 0.1) is 82.0 Å². The minimum atomic E-state index is -5.12. The van der Waals surface area contributed by atoms with Gasteiger partial charge in [-0.3, -0.25) is 29.6 Å². The number of nitrogens with one attached hydrogen (secondary N) is 2. The molecule has 2 aromatic heterocycles. The fourth-order valence-corrected chi connectivity index (χ4v) is 13.4. The van der Waals surface area contributed by atoms with E-state index in [1.54, 1.807) is 48.8 Å². The van der Waals surface area contributed by atoms with Crippen molar-refractivity contribution in [3.8, 4) is 22.3 Å². The summed E-state index contributed by atoms with van der Waals surface area (Å²) in [6, 6.07) is 11.9. The summed E-state index contributed by atoms with van der Waals surface area (Å²) in [5, 5.41) is 15.1. The van der Waals surface area contributed by atoms with E-state index in [9.17, 15) is 50.6 Å². The molecule has 484 valence electrons. The lowest BCUT2D eigenvalue weighted by Crippen LogP contribution is -2.62. The Morgan fingerprint density at radius 3 is 1.65 bits per heavy atom. The zero-order valence-corrected chi connectivity index (χ0v) is 50.5. The number of methoxy groups -OCH3 is 2. The molecular weight excluding hydrogens is 1180 g/mol. The van der Waals surface area contributed by atoms with Crippen LogP contribution in [0.15, 0.2) is 67.1 Å². The number of aliphatic hydroxyl groups is 1. The Morgan fingerprint density at radius 2 is 1.18 bits per heavy atom. The number of Topliss-reactive ketones (excluding diaryl/α,β-unsaturated/α-hetero) is 1. The van der Waals surface area contributed by atoms with Gasteiger partial charge in [0.15, 0.2) is 5.78 Å². The first kappa shape index (κ1) is 65.3. The summed E-state index contributed by atoms with van der Waals surface area (Å²) in [5.74, 6) is -8.74. The number of hydrogen-bond donors (Lipinski definition) is 3. The molecule has 4 unspecified atom stereocenters. The van der Waals surface area contributed by atoms with Crippen molar-refractivity contribution in [1.82, 2.24) is 40.5 Å².